The van der Waals surface area contributed by atoms with Gasteiger partial charge in [-0.2, -0.15) is 0 Å². The van der Waals surface area contributed by atoms with Gasteiger partial charge in [0, 0.05) is 22.8 Å². The van der Waals surface area contributed by atoms with E-state index in [1.54, 1.807) is 12.5 Å². The minimum atomic E-state index is 0.646. The molecule has 106 valence electrons. The number of benzene rings is 1. The summed E-state index contributed by atoms with van der Waals surface area (Å²) in [5, 5.41) is 1.74. The molecule has 0 saturated heterocycles. The number of fused-ring (bicyclic) bond motifs is 1. The molecule has 0 atom stereocenters. The van der Waals surface area contributed by atoms with Crippen molar-refractivity contribution in [3.63, 3.8) is 0 Å². The lowest BCUT2D eigenvalue weighted by molar-refractivity contribution is 0.925. The van der Waals surface area contributed by atoms with Gasteiger partial charge in [0.25, 0.3) is 0 Å². The zero-order valence-corrected chi connectivity index (χ0v) is 12.9. The quantitative estimate of drug-likeness (QED) is 0.709. The van der Waals surface area contributed by atoms with Gasteiger partial charge in [-0.1, -0.05) is 24.9 Å². The minimum Gasteiger partial charge on any atom is -0.255 e. The van der Waals surface area contributed by atoms with Crippen molar-refractivity contribution in [2.24, 2.45) is 0 Å². The Labute approximate surface area is 129 Å². The van der Waals surface area contributed by atoms with Crippen molar-refractivity contribution >= 4 is 22.5 Å². The highest BCUT2D eigenvalue weighted by molar-refractivity contribution is 6.30. The Hall–Kier alpha value is -2.00. The second-order valence-corrected chi connectivity index (χ2v) is 5.54. The van der Waals surface area contributed by atoms with E-state index in [-0.39, 0.29) is 0 Å². The van der Waals surface area contributed by atoms with Crippen LogP contribution in [0.2, 0.25) is 5.02 Å². The number of pyridine rings is 1. The highest BCUT2D eigenvalue weighted by atomic mass is 35.5. The first kappa shape index (κ1) is 14.0. The number of hydrogen-bond acceptors (Lipinski definition) is 3. The number of hydrogen-bond donors (Lipinski definition) is 0. The minimum absolute atomic E-state index is 0.646. The fourth-order valence-electron chi connectivity index (χ4n) is 2.52. The van der Waals surface area contributed by atoms with Crippen molar-refractivity contribution in [3.05, 3.63) is 53.1 Å². The third-order valence-corrected chi connectivity index (χ3v) is 3.78. The van der Waals surface area contributed by atoms with Crippen LogP contribution >= 0.6 is 11.6 Å². The summed E-state index contributed by atoms with van der Waals surface area (Å²) in [5.41, 5.74) is 5.28. The second kappa shape index (κ2) is 5.78. The van der Waals surface area contributed by atoms with Crippen LogP contribution < -0.4 is 0 Å². The van der Waals surface area contributed by atoms with E-state index in [1.807, 2.05) is 19.1 Å². The molecule has 0 unspecified atom stereocenters. The van der Waals surface area contributed by atoms with Crippen molar-refractivity contribution in [3.8, 4) is 11.3 Å². The van der Waals surface area contributed by atoms with E-state index in [2.05, 4.69) is 34.0 Å². The largest absolute Gasteiger partial charge is 0.255 e. The van der Waals surface area contributed by atoms with Crippen LogP contribution in [-0.2, 0) is 6.42 Å². The topological polar surface area (TPSA) is 38.7 Å². The molecule has 0 fully saturated rings. The van der Waals surface area contributed by atoms with E-state index in [0.717, 1.165) is 40.7 Å². The molecule has 2 heterocycles. The fraction of sp³-hybridized carbons (Fsp3) is 0.235. The molecule has 0 amide bonds. The molecule has 0 aliphatic heterocycles. The fourth-order valence-corrected chi connectivity index (χ4v) is 2.63. The van der Waals surface area contributed by atoms with Gasteiger partial charge in [-0.3, -0.25) is 4.98 Å². The van der Waals surface area contributed by atoms with Crippen LogP contribution in [0.15, 0.2) is 36.8 Å². The van der Waals surface area contributed by atoms with Crippen LogP contribution in [0.1, 0.15) is 24.6 Å². The molecule has 0 aliphatic rings. The van der Waals surface area contributed by atoms with Gasteiger partial charge >= 0.3 is 0 Å². The summed E-state index contributed by atoms with van der Waals surface area (Å²) in [4.78, 5) is 13.2. The van der Waals surface area contributed by atoms with Gasteiger partial charge < -0.3 is 0 Å². The van der Waals surface area contributed by atoms with Gasteiger partial charge in [0.05, 0.1) is 16.2 Å². The van der Waals surface area contributed by atoms with Crippen LogP contribution in [0.3, 0.4) is 0 Å². The van der Waals surface area contributed by atoms with Crippen molar-refractivity contribution in [1.29, 1.82) is 0 Å². The van der Waals surface area contributed by atoms with E-state index >= 15 is 0 Å². The van der Waals surface area contributed by atoms with Gasteiger partial charge in [-0.25, -0.2) is 9.97 Å². The summed E-state index contributed by atoms with van der Waals surface area (Å²) in [5.74, 6) is 0. The molecule has 3 aromatic rings. The third kappa shape index (κ3) is 2.74. The van der Waals surface area contributed by atoms with Crippen LogP contribution in [0.4, 0.5) is 0 Å². The first-order valence-electron chi connectivity index (χ1n) is 7.05. The molecule has 0 aliphatic carbocycles. The Morgan fingerprint density at radius 3 is 2.67 bits per heavy atom. The number of aromatic nitrogens is 3. The lowest BCUT2D eigenvalue weighted by atomic mass is 9.99. The van der Waals surface area contributed by atoms with Crippen LogP contribution in [0, 0.1) is 6.92 Å². The summed E-state index contributed by atoms with van der Waals surface area (Å²) in [6.07, 6.45) is 5.38. The summed E-state index contributed by atoms with van der Waals surface area (Å²) >= 11 is 5.92. The maximum Gasteiger partial charge on any atom is 0.116 e. The monoisotopic (exact) mass is 297 g/mol. The maximum atomic E-state index is 5.92. The average molecular weight is 298 g/mol. The Kier molecular flexibility index (Phi) is 3.84. The number of halogens is 1. The number of nitrogens with zero attached hydrogens (tertiary/aromatic N) is 3. The predicted octanol–water partition coefficient (Wildman–Crippen LogP) is 4.61. The van der Waals surface area contributed by atoms with Crippen molar-refractivity contribution in [1.82, 2.24) is 15.0 Å². The van der Waals surface area contributed by atoms with Crippen molar-refractivity contribution in [2.45, 2.75) is 26.7 Å². The van der Waals surface area contributed by atoms with E-state index in [4.69, 9.17) is 11.6 Å². The molecule has 0 spiro atoms. The molecule has 0 bridgehead atoms. The maximum absolute atomic E-state index is 5.92. The molecule has 0 radical (unpaired) electrons. The summed E-state index contributed by atoms with van der Waals surface area (Å²) in [6.45, 7) is 4.19. The molecule has 2 aromatic heterocycles. The Bertz CT molecular complexity index is 782. The summed E-state index contributed by atoms with van der Waals surface area (Å²) in [7, 11) is 0. The van der Waals surface area contributed by atoms with Crippen LogP contribution in [-0.4, -0.2) is 15.0 Å². The lowest BCUT2D eigenvalue weighted by Crippen LogP contribution is -1.95. The van der Waals surface area contributed by atoms with Gasteiger partial charge in [-0.15, -0.1) is 0 Å². The first-order valence-corrected chi connectivity index (χ1v) is 7.43. The predicted molar refractivity (Wildman–Crippen MR) is 86.5 cm³/mol. The molecule has 0 N–H and O–H groups in total. The third-order valence-electron chi connectivity index (χ3n) is 3.56. The number of rotatable bonds is 3. The van der Waals surface area contributed by atoms with Crippen LogP contribution in [0.5, 0.6) is 0 Å². The standard InChI is InChI=1S/C17H16ClN3/c1-3-4-12-7-13(16-6-5-14(18)9-19-16)8-15-11(2)20-10-21-17(12)15/h5-10H,3-4H2,1-2H3. The first-order chi connectivity index (χ1) is 10.2. The summed E-state index contributed by atoms with van der Waals surface area (Å²) in [6, 6.07) is 8.09. The van der Waals surface area contributed by atoms with Gasteiger partial charge in [-0.05, 0) is 43.2 Å². The second-order valence-electron chi connectivity index (χ2n) is 5.10. The zero-order chi connectivity index (χ0) is 14.8. The van der Waals surface area contributed by atoms with E-state index in [9.17, 15) is 0 Å². The Morgan fingerprint density at radius 2 is 1.95 bits per heavy atom. The lowest BCUT2D eigenvalue weighted by Gasteiger charge is -2.10. The van der Waals surface area contributed by atoms with E-state index in [1.165, 1.54) is 5.56 Å². The molecule has 4 heteroatoms. The SMILES string of the molecule is CCCc1cc(-c2ccc(Cl)cn2)cc2c(C)ncnc12. The molecular weight excluding hydrogens is 282 g/mol. The van der Waals surface area contributed by atoms with Gasteiger partial charge in [0.15, 0.2) is 0 Å². The molecule has 3 nitrogen and oxygen atoms in total. The molecular formula is C17H16ClN3. The average Bonchev–Trinajstić information content (AvgIpc) is 2.49. The highest BCUT2D eigenvalue weighted by Gasteiger charge is 2.09. The van der Waals surface area contributed by atoms with Crippen molar-refractivity contribution < 1.29 is 0 Å². The smallest absolute Gasteiger partial charge is 0.116 e. The van der Waals surface area contributed by atoms with Gasteiger partial charge in [0.2, 0.25) is 0 Å². The van der Waals surface area contributed by atoms with Gasteiger partial charge in [0.1, 0.15) is 6.33 Å². The highest BCUT2D eigenvalue weighted by Crippen LogP contribution is 2.28. The molecule has 21 heavy (non-hydrogen) atoms. The Morgan fingerprint density at radius 1 is 1.10 bits per heavy atom. The molecule has 3 rings (SSSR count). The van der Waals surface area contributed by atoms with Crippen molar-refractivity contribution in [2.75, 3.05) is 0 Å². The van der Waals surface area contributed by atoms with Crippen LogP contribution in [0.25, 0.3) is 22.2 Å². The van der Waals surface area contributed by atoms with E-state index < -0.39 is 0 Å². The molecule has 1 aromatic carbocycles. The molecule has 0 saturated carbocycles. The van der Waals surface area contributed by atoms with E-state index in [0.29, 0.717) is 5.02 Å². The zero-order valence-electron chi connectivity index (χ0n) is 12.1. The summed E-state index contributed by atoms with van der Waals surface area (Å²) < 4.78 is 0. The number of aryl methyl sites for hydroxylation is 2. The Balaban J connectivity index is 2.24. The normalized spacial score (nSPS) is 11.0.